The van der Waals surface area contributed by atoms with E-state index in [0.717, 1.165) is 5.13 Å². The highest BCUT2D eigenvalue weighted by atomic mass is 32.1. The number of nitrogens with one attached hydrogen (secondary N) is 2. The van der Waals surface area contributed by atoms with Gasteiger partial charge in [0.2, 0.25) is 0 Å². The van der Waals surface area contributed by atoms with Crippen LogP contribution in [0.3, 0.4) is 0 Å². The van der Waals surface area contributed by atoms with Crippen LogP contribution in [-0.2, 0) is 4.74 Å². The Morgan fingerprint density at radius 2 is 1.97 bits per heavy atom. The Bertz CT molecular complexity index is 977. The zero-order chi connectivity index (χ0) is 20.6. The van der Waals surface area contributed by atoms with E-state index in [1.165, 1.54) is 11.3 Å². The third-order valence-electron chi connectivity index (χ3n) is 4.02. The summed E-state index contributed by atoms with van der Waals surface area (Å²) < 4.78 is 5.06. The molecular weight excluding hydrogens is 390 g/mol. The van der Waals surface area contributed by atoms with Gasteiger partial charge in [0.1, 0.15) is 5.69 Å². The van der Waals surface area contributed by atoms with Gasteiger partial charge in [-0.05, 0) is 24.3 Å². The standard InChI is InChI=1S/C20H21N5O3S/c1-25(10-11-28-2)20-24-17(13-29-20)19(27)23-16-8-4-3-7-15(16)18(26)22-14-6-5-9-21-12-14/h3-9,12-13H,10-11H2,1-2H3,(H,22,26)(H,23,27). The van der Waals surface area contributed by atoms with Crippen LogP contribution in [0, 0.1) is 0 Å². The summed E-state index contributed by atoms with van der Waals surface area (Å²) in [5, 5.41) is 7.94. The van der Waals surface area contributed by atoms with Crippen LogP contribution >= 0.6 is 11.3 Å². The van der Waals surface area contributed by atoms with Crippen molar-refractivity contribution in [3.8, 4) is 0 Å². The molecule has 2 amide bonds. The van der Waals surface area contributed by atoms with E-state index in [4.69, 9.17) is 4.74 Å². The first kappa shape index (κ1) is 20.4. The fourth-order valence-corrected chi connectivity index (χ4v) is 3.28. The summed E-state index contributed by atoms with van der Waals surface area (Å²) in [6, 6.07) is 10.3. The molecule has 0 bridgehead atoms. The molecule has 150 valence electrons. The molecule has 1 aromatic carbocycles. The van der Waals surface area contributed by atoms with E-state index in [-0.39, 0.29) is 17.5 Å². The van der Waals surface area contributed by atoms with Crippen molar-refractivity contribution in [2.75, 3.05) is 42.8 Å². The van der Waals surface area contributed by atoms with Crippen LogP contribution in [-0.4, -0.2) is 49.1 Å². The van der Waals surface area contributed by atoms with Crippen molar-refractivity contribution in [3.63, 3.8) is 0 Å². The van der Waals surface area contributed by atoms with Crippen LogP contribution in [0.25, 0.3) is 0 Å². The number of thiazole rings is 1. The lowest BCUT2D eigenvalue weighted by atomic mass is 10.1. The van der Waals surface area contributed by atoms with Crippen LogP contribution in [0.15, 0.2) is 54.2 Å². The zero-order valence-corrected chi connectivity index (χ0v) is 16.9. The summed E-state index contributed by atoms with van der Waals surface area (Å²) in [5.41, 5.74) is 1.61. The van der Waals surface area contributed by atoms with E-state index in [2.05, 4.69) is 20.6 Å². The minimum Gasteiger partial charge on any atom is -0.383 e. The van der Waals surface area contributed by atoms with Gasteiger partial charge in [-0.2, -0.15) is 0 Å². The highest BCUT2D eigenvalue weighted by Crippen LogP contribution is 2.22. The smallest absolute Gasteiger partial charge is 0.275 e. The van der Waals surface area contributed by atoms with Gasteiger partial charge in [0.15, 0.2) is 5.13 Å². The summed E-state index contributed by atoms with van der Waals surface area (Å²) in [6.45, 7) is 1.24. The van der Waals surface area contributed by atoms with Gasteiger partial charge in [0.05, 0.1) is 29.7 Å². The second-order valence-electron chi connectivity index (χ2n) is 6.13. The Labute approximate surface area is 172 Å². The predicted octanol–water partition coefficient (Wildman–Crippen LogP) is 3.13. The molecule has 0 fully saturated rings. The summed E-state index contributed by atoms with van der Waals surface area (Å²) in [7, 11) is 3.52. The number of hydrogen-bond donors (Lipinski definition) is 2. The van der Waals surface area contributed by atoms with Crippen molar-refractivity contribution < 1.29 is 14.3 Å². The molecule has 9 heteroatoms. The lowest BCUT2D eigenvalue weighted by Crippen LogP contribution is -2.22. The molecule has 2 heterocycles. The summed E-state index contributed by atoms with van der Waals surface area (Å²) in [5.74, 6) is -0.721. The van der Waals surface area contributed by atoms with E-state index in [0.29, 0.717) is 30.1 Å². The van der Waals surface area contributed by atoms with E-state index < -0.39 is 0 Å². The highest BCUT2D eigenvalue weighted by Gasteiger charge is 2.17. The molecule has 2 aromatic heterocycles. The van der Waals surface area contributed by atoms with Gasteiger partial charge in [-0.1, -0.05) is 12.1 Å². The maximum atomic E-state index is 12.6. The number of rotatable bonds is 8. The first-order valence-electron chi connectivity index (χ1n) is 8.86. The SMILES string of the molecule is COCCN(C)c1nc(C(=O)Nc2ccccc2C(=O)Nc2cccnc2)cs1. The molecule has 8 nitrogen and oxygen atoms in total. The molecule has 0 saturated heterocycles. The molecule has 0 aliphatic heterocycles. The van der Waals surface area contributed by atoms with Crippen LogP contribution < -0.4 is 15.5 Å². The topological polar surface area (TPSA) is 96.5 Å². The second-order valence-corrected chi connectivity index (χ2v) is 6.96. The largest absolute Gasteiger partial charge is 0.383 e. The van der Waals surface area contributed by atoms with Gasteiger partial charge in [-0.25, -0.2) is 4.98 Å². The summed E-state index contributed by atoms with van der Waals surface area (Å²) in [6.07, 6.45) is 3.18. The lowest BCUT2D eigenvalue weighted by molar-refractivity contribution is 0.102. The van der Waals surface area contributed by atoms with Crippen molar-refractivity contribution in [3.05, 3.63) is 65.4 Å². The molecule has 2 N–H and O–H groups in total. The quantitative estimate of drug-likeness (QED) is 0.591. The monoisotopic (exact) mass is 411 g/mol. The highest BCUT2D eigenvalue weighted by molar-refractivity contribution is 7.13. The van der Waals surface area contributed by atoms with Gasteiger partial charge in [-0.3, -0.25) is 14.6 Å². The second kappa shape index (κ2) is 9.76. The molecule has 3 aromatic rings. The van der Waals surface area contributed by atoms with Gasteiger partial charge in [0, 0.05) is 32.3 Å². The van der Waals surface area contributed by atoms with Crippen molar-refractivity contribution >= 4 is 39.7 Å². The number of ether oxygens (including phenoxy) is 1. The fourth-order valence-electron chi connectivity index (χ4n) is 2.48. The van der Waals surface area contributed by atoms with E-state index in [1.807, 2.05) is 11.9 Å². The maximum Gasteiger partial charge on any atom is 0.275 e. The Morgan fingerprint density at radius 3 is 2.72 bits per heavy atom. The molecule has 0 aliphatic carbocycles. The predicted molar refractivity (Wildman–Crippen MR) is 114 cm³/mol. The number of pyridine rings is 1. The van der Waals surface area contributed by atoms with Gasteiger partial charge >= 0.3 is 0 Å². The number of nitrogens with zero attached hydrogens (tertiary/aromatic N) is 3. The first-order chi connectivity index (χ1) is 14.1. The minimum atomic E-state index is -0.380. The zero-order valence-electron chi connectivity index (χ0n) is 16.1. The third-order valence-corrected chi connectivity index (χ3v) is 4.98. The Kier molecular flexibility index (Phi) is 6.88. The molecule has 0 spiro atoms. The number of carbonyl (C=O) groups excluding carboxylic acids is 2. The molecule has 29 heavy (non-hydrogen) atoms. The van der Waals surface area contributed by atoms with Crippen molar-refractivity contribution in [1.82, 2.24) is 9.97 Å². The summed E-state index contributed by atoms with van der Waals surface area (Å²) >= 11 is 1.37. The molecular formula is C20H21N5O3S. The minimum absolute atomic E-state index is 0.289. The number of amides is 2. The molecule has 0 aliphatic rings. The van der Waals surface area contributed by atoms with E-state index >= 15 is 0 Å². The van der Waals surface area contributed by atoms with E-state index in [1.54, 1.807) is 61.3 Å². The average molecular weight is 411 g/mol. The average Bonchev–Trinajstić information content (AvgIpc) is 3.23. The lowest BCUT2D eigenvalue weighted by Gasteiger charge is -2.14. The number of anilines is 3. The number of benzene rings is 1. The van der Waals surface area contributed by atoms with Gasteiger partial charge < -0.3 is 20.3 Å². The fraction of sp³-hybridized carbons (Fsp3) is 0.200. The van der Waals surface area contributed by atoms with Crippen LogP contribution in [0.1, 0.15) is 20.8 Å². The molecule has 3 rings (SSSR count). The van der Waals surface area contributed by atoms with Crippen LogP contribution in [0.5, 0.6) is 0 Å². The third kappa shape index (κ3) is 5.37. The molecule has 0 unspecified atom stereocenters. The Balaban J connectivity index is 1.71. The first-order valence-corrected chi connectivity index (χ1v) is 9.74. The van der Waals surface area contributed by atoms with E-state index in [9.17, 15) is 9.59 Å². The molecule has 0 radical (unpaired) electrons. The number of para-hydroxylation sites is 1. The maximum absolute atomic E-state index is 12.6. The normalized spacial score (nSPS) is 10.4. The number of hydrogen-bond acceptors (Lipinski definition) is 7. The summed E-state index contributed by atoms with van der Waals surface area (Å²) in [4.78, 5) is 35.5. The Hall–Kier alpha value is -3.30. The number of likely N-dealkylation sites (N-methyl/N-ethyl adjacent to an activating group) is 1. The van der Waals surface area contributed by atoms with Crippen molar-refractivity contribution in [2.45, 2.75) is 0 Å². The van der Waals surface area contributed by atoms with Crippen LogP contribution in [0.2, 0.25) is 0 Å². The van der Waals surface area contributed by atoms with Crippen LogP contribution in [0.4, 0.5) is 16.5 Å². The number of aromatic nitrogens is 2. The van der Waals surface area contributed by atoms with Crippen molar-refractivity contribution in [2.24, 2.45) is 0 Å². The van der Waals surface area contributed by atoms with Gasteiger partial charge in [0.25, 0.3) is 11.8 Å². The number of carbonyl (C=O) groups is 2. The van der Waals surface area contributed by atoms with Gasteiger partial charge in [-0.15, -0.1) is 11.3 Å². The molecule has 0 saturated carbocycles. The molecule has 0 atom stereocenters. The number of methoxy groups -OCH3 is 1. The van der Waals surface area contributed by atoms with Crippen molar-refractivity contribution in [1.29, 1.82) is 0 Å². The Morgan fingerprint density at radius 1 is 1.14 bits per heavy atom.